The minimum absolute atomic E-state index is 0.0575. The van der Waals surface area contributed by atoms with Gasteiger partial charge in [-0.05, 0) is 42.8 Å². The lowest BCUT2D eigenvalue weighted by Crippen LogP contribution is -2.16. The number of oxime groups is 1. The maximum absolute atomic E-state index is 8.85. The number of rotatable bonds is 3. The number of nitrogens with zero attached hydrogens (tertiary/aromatic N) is 2. The summed E-state index contributed by atoms with van der Waals surface area (Å²) in [5.41, 5.74) is 7.25. The zero-order valence-corrected chi connectivity index (χ0v) is 11.7. The number of amidine groups is 1. The van der Waals surface area contributed by atoms with Crippen molar-refractivity contribution in [2.24, 2.45) is 10.9 Å². The Hall–Kier alpha value is -1.72. The van der Waals surface area contributed by atoms with Crippen molar-refractivity contribution < 1.29 is 5.21 Å². The Labute approximate surface area is 120 Å². The highest BCUT2D eigenvalue weighted by Gasteiger charge is 2.12. The van der Waals surface area contributed by atoms with Gasteiger partial charge in [-0.3, -0.25) is 0 Å². The molecule has 0 saturated heterocycles. The fourth-order valence-corrected chi connectivity index (χ4v) is 2.69. The molecule has 6 heteroatoms. The Morgan fingerprint density at radius 2 is 2.00 bits per heavy atom. The fourth-order valence-electron chi connectivity index (χ4n) is 1.59. The Kier molecular flexibility index (Phi) is 4.29. The van der Waals surface area contributed by atoms with Gasteiger partial charge in [0.1, 0.15) is 5.03 Å². The van der Waals surface area contributed by atoms with Crippen molar-refractivity contribution in [2.75, 3.05) is 0 Å². The second-order valence-electron chi connectivity index (χ2n) is 3.85. The van der Waals surface area contributed by atoms with Crippen LogP contribution in [0.2, 0.25) is 5.02 Å². The Morgan fingerprint density at radius 3 is 2.63 bits per heavy atom. The minimum Gasteiger partial charge on any atom is -0.409 e. The van der Waals surface area contributed by atoms with E-state index in [1.54, 1.807) is 6.20 Å². The molecule has 3 N–H and O–H groups in total. The molecule has 2 rings (SSSR count). The van der Waals surface area contributed by atoms with Crippen molar-refractivity contribution in [3.63, 3.8) is 0 Å². The van der Waals surface area contributed by atoms with E-state index in [1.165, 1.54) is 11.8 Å². The fraction of sp³-hybridized carbons (Fsp3) is 0.0769. The summed E-state index contributed by atoms with van der Waals surface area (Å²) in [5.74, 6) is 0.0575. The predicted octanol–water partition coefficient (Wildman–Crippen LogP) is 3.29. The van der Waals surface area contributed by atoms with E-state index in [1.807, 2.05) is 37.3 Å². The summed E-state index contributed by atoms with van der Waals surface area (Å²) in [6, 6.07) is 9.23. The first-order valence-corrected chi connectivity index (χ1v) is 6.68. The van der Waals surface area contributed by atoms with Gasteiger partial charge in [0.15, 0.2) is 5.84 Å². The van der Waals surface area contributed by atoms with E-state index in [-0.39, 0.29) is 5.84 Å². The standard InChI is InChI=1S/C13H12ClN3OS/c1-8-6-7-16-13(11(8)12(15)17-18)19-10-4-2-9(14)3-5-10/h2-7,18H,1H3,(H2,15,17). The summed E-state index contributed by atoms with van der Waals surface area (Å²) in [6.07, 6.45) is 1.70. The molecule has 0 aliphatic carbocycles. The zero-order chi connectivity index (χ0) is 13.8. The highest BCUT2D eigenvalue weighted by Crippen LogP contribution is 2.30. The lowest BCUT2D eigenvalue weighted by molar-refractivity contribution is 0.318. The van der Waals surface area contributed by atoms with E-state index in [4.69, 9.17) is 22.5 Å². The number of pyridine rings is 1. The van der Waals surface area contributed by atoms with Crippen LogP contribution in [0.25, 0.3) is 0 Å². The molecule has 1 heterocycles. The molecule has 98 valence electrons. The lowest BCUT2D eigenvalue weighted by atomic mass is 10.1. The SMILES string of the molecule is Cc1ccnc(Sc2ccc(Cl)cc2)c1/C(N)=N/O. The van der Waals surface area contributed by atoms with E-state index in [0.717, 1.165) is 10.5 Å². The summed E-state index contributed by atoms with van der Waals surface area (Å²) in [4.78, 5) is 5.27. The number of hydrogen-bond donors (Lipinski definition) is 2. The van der Waals surface area contributed by atoms with Crippen LogP contribution in [0.4, 0.5) is 0 Å². The average molecular weight is 294 g/mol. The van der Waals surface area contributed by atoms with Gasteiger partial charge in [-0.1, -0.05) is 28.5 Å². The van der Waals surface area contributed by atoms with Crippen LogP contribution in [0, 0.1) is 6.92 Å². The van der Waals surface area contributed by atoms with Gasteiger partial charge in [-0.2, -0.15) is 0 Å². The number of aryl methyl sites for hydroxylation is 1. The van der Waals surface area contributed by atoms with E-state index in [9.17, 15) is 0 Å². The minimum atomic E-state index is 0.0575. The molecule has 0 spiro atoms. The largest absolute Gasteiger partial charge is 0.409 e. The number of aromatic nitrogens is 1. The number of nitrogens with two attached hydrogens (primary N) is 1. The Morgan fingerprint density at radius 1 is 1.32 bits per heavy atom. The molecule has 0 saturated carbocycles. The molecule has 0 aliphatic rings. The summed E-state index contributed by atoms with van der Waals surface area (Å²) >= 11 is 7.29. The van der Waals surface area contributed by atoms with Gasteiger partial charge in [-0.25, -0.2) is 4.98 Å². The van der Waals surface area contributed by atoms with Crippen LogP contribution in [0.3, 0.4) is 0 Å². The molecule has 1 aromatic carbocycles. The third-order valence-electron chi connectivity index (χ3n) is 2.52. The molecule has 4 nitrogen and oxygen atoms in total. The average Bonchev–Trinajstić information content (AvgIpc) is 2.41. The van der Waals surface area contributed by atoms with Gasteiger partial charge in [0.05, 0.1) is 5.56 Å². The molecule has 0 bridgehead atoms. The molecule has 0 radical (unpaired) electrons. The maximum Gasteiger partial charge on any atom is 0.173 e. The van der Waals surface area contributed by atoms with Gasteiger partial charge in [0.2, 0.25) is 0 Å². The summed E-state index contributed by atoms with van der Waals surface area (Å²) < 4.78 is 0. The van der Waals surface area contributed by atoms with Crippen molar-refractivity contribution in [3.8, 4) is 0 Å². The summed E-state index contributed by atoms with van der Waals surface area (Å²) in [6.45, 7) is 1.89. The highest BCUT2D eigenvalue weighted by atomic mass is 35.5. The monoisotopic (exact) mass is 293 g/mol. The number of hydrogen-bond acceptors (Lipinski definition) is 4. The van der Waals surface area contributed by atoms with Crippen molar-refractivity contribution in [2.45, 2.75) is 16.8 Å². The summed E-state index contributed by atoms with van der Waals surface area (Å²) in [5, 5.41) is 13.3. The molecule has 0 unspecified atom stereocenters. The van der Waals surface area contributed by atoms with Gasteiger partial charge < -0.3 is 10.9 Å². The molecule has 19 heavy (non-hydrogen) atoms. The molecule has 1 aromatic heterocycles. The van der Waals surface area contributed by atoms with Crippen LogP contribution in [-0.2, 0) is 0 Å². The van der Waals surface area contributed by atoms with Crippen molar-refractivity contribution >= 4 is 29.2 Å². The number of halogens is 1. The number of benzene rings is 1. The normalized spacial score (nSPS) is 11.6. The molecule has 0 fully saturated rings. The van der Waals surface area contributed by atoms with E-state index in [2.05, 4.69) is 10.1 Å². The highest BCUT2D eigenvalue weighted by molar-refractivity contribution is 7.99. The molecule has 0 atom stereocenters. The van der Waals surface area contributed by atoms with Gasteiger partial charge in [0.25, 0.3) is 0 Å². The molecular formula is C13H12ClN3OS. The molecule has 0 aliphatic heterocycles. The maximum atomic E-state index is 8.85. The van der Waals surface area contributed by atoms with Crippen LogP contribution < -0.4 is 5.73 Å². The second kappa shape index (κ2) is 5.95. The predicted molar refractivity (Wildman–Crippen MR) is 77.1 cm³/mol. The molecular weight excluding hydrogens is 282 g/mol. The van der Waals surface area contributed by atoms with E-state index < -0.39 is 0 Å². The topological polar surface area (TPSA) is 71.5 Å². The van der Waals surface area contributed by atoms with Crippen LogP contribution in [-0.4, -0.2) is 16.0 Å². The van der Waals surface area contributed by atoms with Crippen LogP contribution in [0.15, 0.2) is 51.6 Å². The quantitative estimate of drug-likeness (QED) is 0.394. The van der Waals surface area contributed by atoms with Crippen molar-refractivity contribution in [3.05, 3.63) is 52.7 Å². The zero-order valence-electron chi connectivity index (χ0n) is 10.2. The summed E-state index contributed by atoms with van der Waals surface area (Å²) in [7, 11) is 0. The van der Waals surface area contributed by atoms with Gasteiger partial charge in [-0.15, -0.1) is 0 Å². The first-order chi connectivity index (χ1) is 9.11. The lowest BCUT2D eigenvalue weighted by Gasteiger charge is -2.09. The van der Waals surface area contributed by atoms with Crippen LogP contribution >= 0.6 is 23.4 Å². The van der Waals surface area contributed by atoms with E-state index >= 15 is 0 Å². The Balaban J connectivity index is 2.40. The van der Waals surface area contributed by atoms with Crippen molar-refractivity contribution in [1.82, 2.24) is 4.98 Å². The van der Waals surface area contributed by atoms with Crippen LogP contribution in [0.5, 0.6) is 0 Å². The second-order valence-corrected chi connectivity index (χ2v) is 5.35. The van der Waals surface area contributed by atoms with Gasteiger partial charge in [0, 0.05) is 16.1 Å². The first-order valence-electron chi connectivity index (χ1n) is 5.48. The van der Waals surface area contributed by atoms with Gasteiger partial charge >= 0.3 is 0 Å². The third-order valence-corrected chi connectivity index (χ3v) is 3.78. The van der Waals surface area contributed by atoms with Crippen LogP contribution in [0.1, 0.15) is 11.1 Å². The van der Waals surface area contributed by atoms with E-state index in [0.29, 0.717) is 15.6 Å². The Bertz CT molecular complexity index is 614. The molecule has 2 aromatic rings. The third kappa shape index (κ3) is 3.19. The molecule has 0 amide bonds. The smallest absolute Gasteiger partial charge is 0.173 e. The first kappa shape index (κ1) is 13.7. The van der Waals surface area contributed by atoms with Crippen molar-refractivity contribution in [1.29, 1.82) is 0 Å².